The molecule has 0 saturated heterocycles. The largest absolute Gasteiger partial charge is 0.477 e. The first-order valence-electron chi connectivity index (χ1n) is 8.52. The van der Waals surface area contributed by atoms with Crippen molar-refractivity contribution in [1.29, 1.82) is 0 Å². The molecule has 2 atom stereocenters. The van der Waals surface area contributed by atoms with Crippen LogP contribution < -0.4 is 0 Å². The van der Waals surface area contributed by atoms with Gasteiger partial charge in [-0.05, 0) is 18.9 Å². The molecule has 0 spiro atoms. The van der Waals surface area contributed by atoms with Crippen LogP contribution in [-0.2, 0) is 9.59 Å². The fraction of sp³-hybridized carbons (Fsp3) is 0.765. The molecule has 0 fully saturated rings. The number of hydrogen-bond donors (Lipinski definition) is 3. The standard InChI is InChI=1S/C17H31NO5/c1-4-7-8-9-10-11-12-18(13-19,14(5-2)16(20)21)15(6-3)17(22)23/h11-12,14-15,19H,4-10,13H2,1-3H3,(H-,20,21,22,23)/p+1/b12-11+. The van der Waals surface area contributed by atoms with E-state index >= 15 is 0 Å². The van der Waals surface area contributed by atoms with Gasteiger partial charge in [-0.15, -0.1) is 0 Å². The van der Waals surface area contributed by atoms with Gasteiger partial charge in [0.1, 0.15) is 0 Å². The van der Waals surface area contributed by atoms with Gasteiger partial charge in [-0.25, -0.2) is 9.59 Å². The molecule has 0 aromatic carbocycles. The summed E-state index contributed by atoms with van der Waals surface area (Å²) in [5.41, 5.74) is 0. The maximum atomic E-state index is 11.6. The number of allylic oxidation sites excluding steroid dienone is 1. The van der Waals surface area contributed by atoms with Crippen LogP contribution in [-0.4, -0.2) is 50.6 Å². The monoisotopic (exact) mass is 330 g/mol. The van der Waals surface area contributed by atoms with Crippen molar-refractivity contribution < 1.29 is 29.4 Å². The quantitative estimate of drug-likeness (QED) is 0.274. The number of aliphatic hydroxyl groups is 1. The molecule has 0 aliphatic rings. The average Bonchev–Trinajstić information content (AvgIpc) is 2.50. The van der Waals surface area contributed by atoms with Crippen molar-refractivity contribution in [3.05, 3.63) is 12.3 Å². The predicted octanol–water partition coefficient (Wildman–Crippen LogP) is 2.96. The van der Waals surface area contributed by atoms with Crippen molar-refractivity contribution in [3.8, 4) is 0 Å². The van der Waals surface area contributed by atoms with E-state index in [0.29, 0.717) is 0 Å². The smallest absolute Gasteiger partial charge is 0.363 e. The second kappa shape index (κ2) is 11.2. The molecule has 0 radical (unpaired) electrons. The lowest BCUT2D eigenvalue weighted by atomic mass is 10.0. The number of aliphatic carboxylic acids is 2. The molecule has 0 saturated carbocycles. The Morgan fingerprint density at radius 2 is 1.48 bits per heavy atom. The molecule has 6 nitrogen and oxygen atoms in total. The number of carboxylic acids is 2. The lowest BCUT2D eigenvalue weighted by Crippen LogP contribution is -2.63. The van der Waals surface area contributed by atoms with Gasteiger partial charge in [-0.3, -0.25) is 4.48 Å². The van der Waals surface area contributed by atoms with Gasteiger partial charge in [0.15, 0.2) is 18.8 Å². The third-order valence-corrected chi connectivity index (χ3v) is 4.36. The van der Waals surface area contributed by atoms with Gasteiger partial charge in [0.05, 0.1) is 6.20 Å². The molecule has 2 unspecified atom stereocenters. The number of quaternary nitrogens is 1. The molecule has 3 N–H and O–H groups in total. The first-order chi connectivity index (χ1) is 10.9. The summed E-state index contributed by atoms with van der Waals surface area (Å²) in [7, 11) is 0. The number of hydrogen-bond acceptors (Lipinski definition) is 3. The van der Waals surface area contributed by atoms with E-state index in [2.05, 4.69) is 6.92 Å². The van der Waals surface area contributed by atoms with Crippen LogP contribution in [0.4, 0.5) is 0 Å². The summed E-state index contributed by atoms with van der Waals surface area (Å²) < 4.78 is -0.453. The number of carboxylic acid groups (broad SMARTS) is 2. The van der Waals surface area contributed by atoms with Crippen molar-refractivity contribution in [2.24, 2.45) is 0 Å². The number of aliphatic hydroxyl groups excluding tert-OH is 1. The van der Waals surface area contributed by atoms with E-state index in [1.165, 1.54) is 0 Å². The number of unbranched alkanes of at least 4 members (excludes halogenated alkanes) is 4. The van der Waals surface area contributed by atoms with Gasteiger partial charge < -0.3 is 15.3 Å². The summed E-state index contributed by atoms with van der Waals surface area (Å²) in [4.78, 5) is 23.2. The third kappa shape index (κ3) is 5.95. The Bertz CT molecular complexity index is 372. The van der Waals surface area contributed by atoms with Crippen LogP contribution in [0.3, 0.4) is 0 Å². The highest BCUT2D eigenvalue weighted by molar-refractivity contribution is 5.75. The Morgan fingerprint density at radius 3 is 1.83 bits per heavy atom. The topological polar surface area (TPSA) is 94.8 Å². The highest BCUT2D eigenvalue weighted by Gasteiger charge is 2.48. The SMILES string of the molecule is CCCCCC/C=C/[N+](CO)(C(CC)C(=O)O)C(CC)C(=O)O. The third-order valence-electron chi connectivity index (χ3n) is 4.36. The summed E-state index contributed by atoms with van der Waals surface area (Å²) in [6.45, 7) is 4.98. The number of carbonyl (C=O) groups is 2. The zero-order valence-corrected chi connectivity index (χ0v) is 14.6. The first kappa shape index (κ1) is 21.6. The second-order valence-corrected chi connectivity index (χ2v) is 5.90. The van der Waals surface area contributed by atoms with E-state index in [0.717, 1.165) is 32.1 Å². The lowest BCUT2D eigenvalue weighted by molar-refractivity contribution is -0.929. The first-order valence-corrected chi connectivity index (χ1v) is 8.52. The summed E-state index contributed by atoms with van der Waals surface area (Å²) in [5.74, 6) is -2.17. The Kier molecular flexibility index (Phi) is 10.5. The van der Waals surface area contributed by atoms with Gasteiger partial charge in [0.2, 0.25) is 0 Å². The molecule has 0 rings (SSSR count). The minimum absolute atomic E-state index is 0.250. The molecular weight excluding hydrogens is 298 g/mol. The van der Waals surface area contributed by atoms with Crippen molar-refractivity contribution in [1.82, 2.24) is 0 Å². The molecule has 0 aromatic rings. The van der Waals surface area contributed by atoms with Crippen molar-refractivity contribution in [2.45, 2.75) is 77.8 Å². The molecule has 23 heavy (non-hydrogen) atoms. The molecule has 0 heterocycles. The van der Waals surface area contributed by atoms with Gasteiger partial charge in [0, 0.05) is 12.8 Å². The van der Waals surface area contributed by atoms with Crippen LogP contribution in [0.2, 0.25) is 0 Å². The van der Waals surface area contributed by atoms with Crippen LogP contribution >= 0.6 is 0 Å². The summed E-state index contributed by atoms with van der Waals surface area (Å²) in [6, 6.07) is -1.96. The highest BCUT2D eigenvalue weighted by Crippen LogP contribution is 2.26. The fourth-order valence-corrected chi connectivity index (χ4v) is 3.07. The van der Waals surface area contributed by atoms with Crippen molar-refractivity contribution >= 4 is 11.9 Å². The zero-order chi connectivity index (χ0) is 17.9. The molecular formula is C17H32NO5+. The van der Waals surface area contributed by atoms with Crippen LogP contribution in [0.15, 0.2) is 12.3 Å². The number of nitrogens with zero attached hydrogens (tertiary/aromatic N) is 1. The van der Waals surface area contributed by atoms with E-state index in [1.54, 1.807) is 20.0 Å². The van der Waals surface area contributed by atoms with E-state index in [9.17, 15) is 24.9 Å². The molecule has 0 aromatic heterocycles. The Labute approximate surface area is 139 Å². The van der Waals surface area contributed by atoms with Gasteiger partial charge in [-0.2, -0.15) is 0 Å². The Hall–Kier alpha value is -1.40. The average molecular weight is 330 g/mol. The normalized spacial score (nSPS) is 16.9. The van der Waals surface area contributed by atoms with Gasteiger partial charge >= 0.3 is 11.9 Å². The van der Waals surface area contributed by atoms with E-state index in [4.69, 9.17) is 0 Å². The van der Waals surface area contributed by atoms with Crippen LogP contribution in [0.25, 0.3) is 0 Å². The second-order valence-electron chi connectivity index (χ2n) is 5.90. The van der Waals surface area contributed by atoms with E-state index in [1.807, 2.05) is 6.08 Å². The van der Waals surface area contributed by atoms with Crippen molar-refractivity contribution in [3.63, 3.8) is 0 Å². The number of rotatable bonds is 13. The lowest BCUT2D eigenvalue weighted by Gasteiger charge is -2.41. The van der Waals surface area contributed by atoms with Gasteiger partial charge in [-0.1, -0.05) is 40.0 Å². The van der Waals surface area contributed by atoms with E-state index < -0.39 is 35.2 Å². The zero-order valence-electron chi connectivity index (χ0n) is 14.6. The molecule has 0 bridgehead atoms. The summed E-state index contributed by atoms with van der Waals surface area (Å²) in [5, 5.41) is 28.9. The van der Waals surface area contributed by atoms with E-state index in [-0.39, 0.29) is 12.8 Å². The van der Waals surface area contributed by atoms with Crippen LogP contribution in [0.5, 0.6) is 0 Å². The minimum atomic E-state index is -1.09. The molecule has 0 amide bonds. The van der Waals surface area contributed by atoms with Crippen LogP contribution in [0.1, 0.15) is 65.7 Å². The summed E-state index contributed by atoms with van der Waals surface area (Å²) >= 11 is 0. The predicted molar refractivity (Wildman–Crippen MR) is 88.7 cm³/mol. The molecule has 0 aliphatic carbocycles. The summed E-state index contributed by atoms with van der Waals surface area (Å²) in [6.07, 6.45) is 9.02. The highest BCUT2D eigenvalue weighted by atomic mass is 16.4. The Balaban J connectivity index is 5.44. The minimum Gasteiger partial charge on any atom is -0.477 e. The molecule has 134 valence electrons. The maximum Gasteiger partial charge on any atom is 0.363 e. The maximum absolute atomic E-state index is 11.6. The Morgan fingerprint density at radius 1 is 0.957 bits per heavy atom. The van der Waals surface area contributed by atoms with Crippen molar-refractivity contribution in [2.75, 3.05) is 6.73 Å². The molecule has 6 heteroatoms. The van der Waals surface area contributed by atoms with Crippen LogP contribution in [0, 0.1) is 0 Å². The molecule has 0 aliphatic heterocycles. The van der Waals surface area contributed by atoms with Gasteiger partial charge in [0.25, 0.3) is 0 Å². The fourth-order valence-electron chi connectivity index (χ4n) is 3.07.